The van der Waals surface area contributed by atoms with Crippen LogP contribution in [0.15, 0.2) is 18.2 Å². The smallest absolute Gasteiger partial charge is 0.339 e. The van der Waals surface area contributed by atoms with Gasteiger partial charge in [-0.05, 0) is 18.1 Å². The number of rotatable bonds is 2. The van der Waals surface area contributed by atoms with Crippen molar-refractivity contribution in [3.63, 3.8) is 0 Å². The van der Waals surface area contributed by atoms with E-state index in [1.54, 1.807) is 18.2 Å². The largest absolute Gasteiger partial charge is 0.495 e. The molecular formula is C11H7NO3. The van der Waals surface area contributed by atoms with Crippen molar-refractivity contribution in [2.24, 2.45) is 0 Å². The van der Waals surface area contributed by atoms with Crippen LogP contribution in [0.5, 0.6) is 5.75 Å². The zero-order valence-corrected chi connectivity index (χ0v) is 7.94. The Bertz CT molecular complexity index is 489. The first-order chi connectivity index (χ1) is 7.20. The van der Waals surface area contributed by atoms with Gasteiger partial charge in [0.15, 0.2) is 6.07 Å². The Morgan fingerprint density at radius 3 is 2.80 bits per heavy atom. The van der Waals surface area contributed by atoms with E-state index in [1.165, 1.54) is 13.2 Å². The van der Waals surface area contributed by atoms with Gasteiger partial charge in [-0.3, -0.25) is 0 Å². The van der Waals surface area contributed by atoms with Gasteiger partial charge in [0.2, 0.25) is 0 Å². The molecule has 1 N–H and O–H groups in total. The zero-order valence-electron chi connectivity index (χ0n) is 7.94. The first-order valence-electron chi connectivity index (χ1n) is 4.01. The van der Waals surface area contributed by atoms with Crippen molar-refractivity contribution in [2.75, 3.05) is 7.11 Å². The molecule has 0 saturated carbocycles. The number of para-hydroxylation sites is 1. The number of nitriles is 1. The molecule has 0 fully saturated rings. The number of hydrogen-bond acceptors (Lipinski definition) is 3. The monoisotopic (exact) mass is 201 g/mol. The van der Waals surface area contributed by atoms with Gasteiger partial charge in [-0.2, -0.15) is 5.26 Å². The van der Waals surface area contributed by atoms with E-state index in [0.29, 0.717) is 5.56 Å². The third-order valence-corrected chi connectivity index (χ3v) is 1.70. The maximum absolute atomic E-state index is 10.8. The molecule has 0 atom stereocenters. The topological polar surface area (TPSA) is 70.3 Å². The molecule has 0 radical (unpaired) electrons. The highest BCUT2D eigenvalue weighted by molar-refractivity contribution is 5.91. The average molecular weight is 201 g/mol. The lowest BCUT2D eigenvalue weighted by atomic mass is 10.1. The summed E-state index contributed by atoms with van der Waals surface area (Å²) in [6.07, 6.45) is 0. The van der Waals surface area contributed by atoms with E-state index in [-0.39, 0.29) is 11.3 Å². The first-order valence-corrected chi connectivity index (χ1v) is 4.01. The molecule has 4 heteroatoms. The summed E-state index contributed by atoms with van der Waals surface area (Å²) < 4.78 is 4.94. The molecule has 1 rings (SSSR count). The van der Waals surface area contributed by atoms with Gasteiger partial charge >= 0.3 is 5.97 Å². The molecule has 15 heavy (non-hydrogen) atoms. The highest BCUT2D eigenvalue weighted by Crippen LogP contribution is 2.22. The van der Waals surface area contributed by atoms with E-state index < -0.39 is 5.97 Å². The minimum Gasteiger partial charge on any atom is -0.495 e. The molecule has 0 aromatic heterocycles. The van der Waals surface area contributed by atoms with E-state index in [9.17, 15) is 4.79 Å². The van der Waals surface area contributed by atoms with E-state index in [1.807, 2.05) is 0 Å². The van der Waals surface area contributed by atoms with Gasteiger partial charge in [-0.15, -0.1) is 0 Å². The standard InChI is InChI=1S/C11H7NO3/c1-15-10-8(5-3-7-12)4-2-6-9(10)11(13)14/h2,4,6H,1H3,(H,13,14). The number of carboxylic acid groups (broad SMARTS) is 1. The lowest BCUT2D eigenvalue weighted by molar-refractivity contribution is 0.0693. The molecule has 0 unspecified atom stereocenters. The van der Waals surface area contributed by atoms with Gasteiger partial charge in [-0.25, -0.2) is 4.79 Å². The van der Waals surface area contributed by atoms with Crippen molar-refractivity contribution >= 4 is 5.97 Å². The SMILES string of the molecule is COc1c(C#CC#N)cccc1C(=O)O. The predicted octanol–water partition coefficient (Wildman–Crippen LogP) is 1.27. The number of benzene rings is 1. The molecule has 1 aromatic rings. The van der Waals surface area contributed by atoms with E-state index >= 15 is 0 Å². The van der Waals surface area contributed by atoms with Crippen LogP contribution in [-0.2, 0) is 0 Å². The van der Waals surface area contributed by atoms with Crippen LogP contribution in [0.1, 0.15) is 15.9 Å². The van der Waals surface area contributed by atoms with Crippen molar-refractivity contribution in [1.29, 1.82) is 5.26 Å². The zero-order chi connectivity index (χ0) is 11.3. The average Bonchev–Trinajstić information content (AvgIpc) is 2.25. The Morgan fingerprint density at radius 1 is 1.53 bits per heavy atom. The number of methoxy groups -OCH3 is 1. The van der Waals surface area contributed by atoms with Crippen LogP contribution in [-0.4, -0.2) is 18.2 Å². The van der Waals surface area contributed by atoms with Gasteiger partial charge in [0.1, 0.15) is 11.3 Å². The summed E-state index contributed by atoms with van der Waals surface area (Å²) in [6.45, 7) is 0. The second-order valence-corrected chi connectivity index (χ2v) is 2.55. The molecule has 0 spiro atoms. The van der Waals surface area contributed by atoms with E-state index in [0.717, 1.165) is 0 Å². The van der Waals surface area contributed by atoms with Crippen LogP contribution in [0.4, 0.5) is 0 Å². The predicted molar refractivity (Wildman–Crippen MR) is 52.4 cm³/mol. The number of hydrogen-bond donors (Lipinski definition) is 1. The van der Waals surface area contributed by atoms with Crippen LogP contribution in [0.3, 0.4) is 0 Å². The second kappa shape index (κ2) is 4.69. The minimum atomic E-state index is -1.09. The summed E-state index contributed by atoms with van der Waals surface area (Å²) in [5, 5.41) is 17.1. The maximum atomic E-state index is 10.8. The third-order valence-electron chi connectivity index (χ3n) is 1.70. The number of nitrogens with zero attached hydrogens (tertiary/aromatic N) is 1. The van der Waals surface area contributed by atoms with E-state index in [4.69, 9.17) is 15.1 Å². The van der Waals surface area contributed by atoms with Crippen molar-refractivity contribution in [3.8, 4) is 23.7 Å². The van der Waals surface area contributed by atoms with Crippen molar-refractivity contribution < 1.29 is 14.6 Å². The highest BCUT2D eigenvalue weighted by Gasteiger charge is 2.12. The Hall–Kier alpha value is -2.46. The normalized spacial score (nSPS) is 8.27. The number of aromatic carboxylic acids is 1. The van der Waals surface area contributed by atoms with Crippen LogP contribution in [0.2, 0.25) is 0 Å². The third kappa shape index (κ3) is 2.26. The molecule has 0 amide bonds. The number of carbonyl (C=O) groups is 1. The number of carboxylic acids is 1. The lowest BCUT2D eigenvalue weighted by Gasteiger charge is -2.06. The van der Waals surface area contributed by atoms with Crippen molar-refractivity contribution in [3.05, 3.63) is 29.3 Å². The fraction of sp³-hybridized carbons (Fsp3) is 0.0909. The van der Waals surface area contributed by atoms with Crippen LogP contribution in [0, 0.1) is 23.2 Å². The Balaban J connectivity index is 3.36. The van der Waals surface area contributed by atoms with Crippen molar-refractivity contribution in [1.82, 2.24) is 0 Å². The molecule has 0 bridgehead atoms. The Labute approximate surface area is 86.7 Å². The summed E-state index contributed by atoms with van der Waals surface area (Å²) >= 11 is 0. The molecule has 0 saturated heterocycles. The van der Waals surface area contributed by atoms with Gasteiger partial charge in [-0.1, -0.05) is 6.07 Å². The van der Waals surface area contributed by atoms with Crippen LogP contribution >= 0.6 is 0 Å². The van der Waals surface area contributed by atoms with Gasteiger partial charge in [0.25, 0.3) is 0 Å². The lowest BCUT2D eigenvalue weighted by Crippen LogP contribution is -2.01. The molecule has 0 aliphatic heterocycles. The first kappa shape index (κ1) is 10.6. The summed E-state index contributed by atoms with van der Waals surface area (Å²) in [4.78, 5) is 10.8. The quantitative estimate of drug-likeness (QED) is 0.731. The molecule has 74 valence electrons. The van der Waals surface area contributed by atoms with Gasteiger partial charge in [0.05, 0.1) is 12.7 Å². The molecule has 1 aromatic carbocycles. The Morgan fingerprint density at radius 2 is 2.27 bits per heavy atom. The highest BCUT2D eigenvalue weighted by atomic mass is 16.5. The molecule has 4 nitrogen and oxygen atoms in total. The second-order valence-electron chi connectivity index (χ2n) is 2.55. The van der Waals surface area contributed by atoms with E-state index in [2.05, 4.69) is 11.8 Å². The Kier molecular flexibility index (Phi) is 3.32. The minimum absolute atomic E-state index is 0.0299. The molecule has 0 aliphatic rings. The summed E-state index contributed by atoms with van der Waals surface area (Å²) in [5.41, 5.74) is 0.418. The number of ether oxygens (including phenoxy) is 1. The maximum Gasteiger partial charge on any atom is 0.339 e. The molecule has 0 heterocycles. The summed E-state index contributed by atoms with van der Waals surface area (Å²) in [5.74, 6) is 3.78. The molecular weight excluding hydrogens is 194 g/mol. The van der Waals surface area contributed by atoms with Crippen LogP contribution < -0.4 is 4.74 Å². The summed E-state index contributed by atoms with van der Waals surface area (Å²) in [6, 6.07) is 6.21. The fourth-order valence-electron chi connectivity index (χ4n) is 1.12. The van der Waals surface area contributed by atoms with Gasteiger partial charge < -0.3 is 9.84 Å². The summed E-state index contributed by atoms with van der Waals surface area (Å²) in [7, 11) is 1.36. The fourth-order valence-corrected chi connectivity index (χ4v) is 1.12. The van der Waals surface area contributed by atoms with Gasteiger partial charge in [0, 0.05) is 5.92 Å². The molecule has 0 aliphatic carbocycles. The van der Waals surface area contributed by atoms with Crippen molar-refractivity contribution in [2.45, 2.75) is 0 Å². The van der Waals surface area contributed by atoms with Crippen LogP contribution in [0.25, 0.3) is 0 Å².